The molecule has 2 amide bonds. The zero-order chi connectivity index (χ0) is 13.8. The van der Waals surface area contributed by atoms with Crippen molar-refractivity contribution in [2.45, 2.75) is 19.5 Å². The Morgan fingerprint density at radius 3 is 3.00 bits per heavy atom. The number of amides is 2. The van der Waals surface area contributed by atoms with Crippen molar-refractivity contribution in [1.82, 2.24) is 15.2 Å². The highest BCUT2D eigenvalue weighted by Crippen LogP contribution is 2.20. The van der Waals surface area contributed by atoms with E-state index in [0.29, 0.717) is 18.2 Å². The molecule has 1 fully saturated rings. The van der Waals surface area contributed by atoms with Gasteiger partial charge in [-0.1, -0.05) is 6.07 Å². The predicted octanol–water partition coefficient (Wildman–Crippen LogP) is 1.06. The summed E-state index contributed by atoms with van der Waals surface area (Å²) in [6.45, 7) is 2.24. The molecule has 0 bridgehead atoms. The predicted molar refractivity (Wildman–Crippen MR) is 71.8 cm³/mol. The molecule has 19 heavy (non-hydrogen) atoms. The molecular formula is C12H15N3O3S. The zero-order valence-electron chi connectivity index (χ0n) is 10.5. The van der Waals surface area contributed by atoms with Crippen LogP contribution in [0.2, 0.25) is 0 Å². The molecule has 2 rings (SSSR count). The molecule has 1 aromatic rings. The first-order chi connectivity index (χ1) is 9.08. The molecule has 1 aliphatic heterocycles. The first-order valence-electron chi connectivity index (χ1n) is 5.84. The maximum atomic E-state index is 11.9. The third-order valence-corrected chi connectivity index (χ3v) is 3.86. The minimum absolute atomic E-state index is 0.347. The van der Waals surface area contributed by atoms with Crippen LogP contribution in [0.5, 0.6) is 0 Å². The van der Waals surface area contributed by atoms with Crippen LogP contribution in [0.15, 0.2) is 18.3 Å². The number of nitrogens with zero attached hydrogens (tertiary/aromatic N) is 2. The van der Waals surface area contributed by atoms with E-state index in [-0.39, 0.29) is 6.03 Å². The molecule has 0 spiro atoms. The molecule has 102 valence electrons. The highest BCUT2D eigenvalue weighted by atomic mass is 32.2. The first kappa shape index (κ1) is 13.7. The Morgan fingerprint density at radius 1 is 1.58 bits per heavy atom. The molecule has 1 saturated heterocycles. The van der Waals surface area contributed by atoms with Crippen LogP contribution < -0.4 is 5.32 Å². The lowest BCUT2D eigenvalue weighted by atomic mass is 10.2. The largest absolute Gasteiger partial charge is 0.480 e. The van der Waals surface area contributed by atoms with Gasteiger partial charge in [-0.15, -0.1) is 11.8 Å². The van der Waals surface area contributed by atoms with E-state index >= 15 is 0 Å². The van der Waals surface area contributed by atoms with Gasteiger partial charge in [-0.05, 0) is 18.6 Å². The normalized spacial score (nSPS) is 18.4. The number of carbonyl (C=O) groups excluding carboxylic acids is 1. The quantitative estimate of drug-likeness (QED) is 0.865. The van der Waals surface area contributed by atoms with Gasteiger partial charge in [-0.3, -0.25) is 4.98 Å². The summed E-state index contributed by atoms with van der Waals surface area (Å²) in [4.78, 5) is 28.4. The fourth-order valence-electron chi connectivity index (χ4n) is 1.73. The number of nitrogens with one attached hydrogen (secondary N) is 1. The molecule has 2 N–H and O–H groups in total. The van der Waals surface area contributed by atoms with Gasteiger partial charge in [-0.25, -0.2) is 9.59 Å². The molecule has 7 heteroatoms. The maximum Gasteiger partial charge on any atom is 0.327 e. The fraction of sp³-hybridized carbons (Fsp3) is 0.417. The van der Waals surface area contributed by atoms with Crippen LogP contribution in [-0.2, 0) is 11.3 Å². The lowest BCUT2D eigenvalue weighted by molar-refractivity contribution is -0.140. The van der Waals surface area contributed by atoms with Crippen molar-refractivity contribution in [2.75, 3.05) is 11.6 Å². The van der Waals surface area contributed by atoms with Crippen LogP contribution in [-0.4, -0.2) is 44.7 Å². The second-order valence-electron chi connectivity index (χ2n) is 4.29. The van der Waals surface area contributed by atoms with Gasteiger partial charge >= 0.3 is 12.0 Å². The summed E-state index contributed by atoms with van der Waals surface area (Å²) < 4.78 is 0. The lowest BCUT2D eigenvalue weighted by Crippen LogP contribution is -2.46. The van der Waals surface area contributed by atoms with E-state index in [1.165, 1.54) is 16.7 Å². The number of carbonyl (C=O) groups is 2. The van der Waals surface area contributed by atoms with Gasteiger partial charge in [0.1, 0.15) is 6.04 Å². The van der Waals surface area contributed by atoms with E-state index in [1.54, 1.807) is 6.20 Å². The molecule has 0 aliphatic carbocycles. The number of aryl methyl sites for hydroxylation is 1. The number of urea groups is 1. The average Bonchev–Trinajstić information content (AvgIpc) is 2.87. The summed E-state index contributed by atoms with van der Waals surface area (Å²) in [7, 11) is 0. The second kappa shape index (κ2) is 5.92. The third-order valence-electron chi connectivity index (χ3n) is 2.84. The molecule has 1 atom stereocenters. The van der Waals surface area contributed by atoms with Gasteiger partial charge < -0.3 is 15.3 Å². The Morgan fingerprint density at radius 2 is 2.37 bits per heavy atom. The number of aliphatic carboxylic acids is 1. The SMILES string of the molecule is Cc1ccc(CNC(=O)N2CSC[C@H]2C(=O)O)cn1. The first-order valence-corrected chi connectivity index (χ1v) is 7.00. The fourth-order valence-corrected chi connectivity index (χ4v) is 2.87. The molecule has 0 unspecified atom stereocenters. The number of carboxylic acid groups (broad SMARTS) is 1. The Balaban J connectivity index is 1.90. The van der Waals surface area contributed by atoms with Crippen molar-refractivity contribution in [3.63, 3.8) is 0 Å². The number of hydrogen-bond acceptors (Lipinski definition) is 4. The Bertz CT molecular complexity index is 478. The molecule has 0 saturated carbocycles. The summed E-state index contributed by atoms with van der Waals surface area (Å²) in [6.07, 6.45) is 1.70. The van der Waals surface area contributed by atoms with Crippen molar-refractivity contribution in [2.24, 2.45) is 0 Å². The highest BCUT2D eigenvalue weighted by Gasteiger charge is 2.34. The van der Waals surface area contributed by atoms with Gasteiger partial charge in [0.2, 0.25) is 0 Å². The Kier molecular flexibility index (Phi) is 4.26. The zero-order valence-corrected chi connectivity index (χ0v) is 11.3. The van der Waals surface area contributed by atoms with Gasteiger partial charge in [0, 0.05) is 24.2 Å². The molecule has 1 aromatic heterocycles. The van der Waals surface area contributed by atoms with E-state index in [4.69, 9.17) is 5.11 Å². The third kappa shape index (κ3) is 3.37. The minimum Gasteiger partial charge on any atom is -0.480 e. The lowest BCUT2D eigenvalue weighted by Gasteiger charge is -2.20. The monoisotopic (exact) mass is 281 g/mol. The minimum atomic E-state index is -0.961. The molecule has 6 nitrogen and oxygen atoms in total. The summed E-state index contributed by atoms with van der Waals surface area (Å²) in [5.41, 5.74) is 1.80. The molecule has 0 radical (unpaired) electrons. The van der Waals surface area contributed by atoms with E-state index in [0.717, 1.165) is 11.3 Å². The van der Waals surface area contributed by atoms with Crippen LogP contribution in [0.3, 0.4) is 0 Å². The van der Waals surface area contributed by atoms with Gasteiger partial charge in [0.25, 0.3) is 0 Å². The molecule has 0 aromatic carbocycles. The van der Waals surface area contributed by atoms with Crippen LogP contribution in [0, 0.1) is 6.92 Å². The van der Waals surface area contributed by atoms with Crippen molar-refractivity contribution in [3.8, 4) is 0 Å². The van der Waals surface area contributed by atoms with Crippen molar-refractivity contribution >= 4 is 23.8 Å². The Labute approximate surface area is 115 Å². The summed E-state index contributed by atoms with van der Waals surface area (Å²) in [6, 6.07) is 2.67. The van der Waals surface area contributed by atoms with E-state index in [2.05, 4.69) is 10.3 Å². The van der Waals surface area contributed by atoms with E-state index in [1.807, 2.05) is 19.1 Å². The number of pyridine rings is 1. The second-order valence-corrected chi connectivity index (χ2v) is 5.29. The van der Waals surface area contributed by atoms with Gasteiger partial charge in [0.05, 0.1) is 5.88 Å². The smallest absolute Gasteiger partial charge is 0.327 e. The standard InChI is InChI=1S/C12H15N3O3S/c1-8-2-3-9(4-13-8)5-14-12(18)15-7-19-6-10(15)11(16)17/h2-4,10H,5-7H2,1H3,(H,14,18)(H,16,17)/t10-/m0/s1. The number of carboxylic acids is 1. The average molecular weight is 281 g/mol. The van der Waals surface area contributed by atoms with Crippen LogP contribution >= 0.6 is 11.8 Å². The summed E-state index contributed by atoms with van der Waals surface area (Å²) in [5, 5.41) is 11.7. The van der Waals surface area contributed by atoms with Crippen LogP contribution in [0.25, 0.3) is 0 Å². The number of rotatable bonds is 3. The van der Waals surface area contributed by atoms with Crippen molar-refractivity contribution in [3.05, 3.63) is 29.6 Å². The van der Waals surface area contributed by atoms with Crippen LogP contribution in [0.1, 0.15) is 11.3 Å². The van der Waals surface area contributed by atoms with E-state index < -0.39 is 12.0 Å². The molecule has 1 aliphatic rings. The maximum absolute atomic E-state index is 11.9. The summed E-state index contributed by atoms with van der Waals surface area (Å²) in [5.74, 6) is -0.110. The van der Waals surface area contributed by atoms with Crippen molar-refractivity contribution < 1.29 is 14.7 Å². The molecular weight excluding hydrogens is 266 g/mol. The van der Waals surface area contributed by atoms with Crippen molar-refractivity contribution in [1.29, 1.82) is 0 Å². The van der Waals surface area contributed by atoms with Gasteiger partial charge in [-0.2, -0.15) is 0 Å². The van der Waals surface area contributed by atoms with Crippen LogP contribution in [0.4, 0.5) is 4.79 Å². The number of thioether (sulfide) groups is 1. The topological polar surface area (TPSA) is 82.5 Å². The van der Waals surface area contributed by atoms with E-state index in [9.17, 15) is 9.59 Å². The van der Waals surface area contributed by atoms with Gasteiger partial charge in [0.15, 0.2) is 0 Å². The molecule has 2 heterocycles. The Hall–Kier alpha value is -1.76. The summed E-state index contributed by atoms with van der Waals surface area (Å²) >= 11 is 1.44. The number of aromatic nitrogens is 1. The highest BCUT2D eigenvalue weighted by molar-refractivity contribution is 7.99. The number of hydrogen-bond donors (Lipinski definition) is 2.